The van der Waals surface area contributed by atoms with Gasteiger partial charge >= 0.3 is 5.69 Å². The van der Waals surface area contributed by atoms with Crippen molar-refractivity contribution in [3.8, 4) is 11.5 Å². The number of carbonyl (C=O) groups excluding carboxylic acids is 1. The summed E-state index contributed by atoms with van der Waals surface area (Å²) in [5.74, 6) is 0.416. The van der Waals surface area contributed by atoms with Gasteiger partial charge in [0.1, 0.15) is 5.75 Å². The number of amides is 1. The average molecular weight is 356 g/mol. The van der Waals surface area contributed by atoms with Crippen LogP contribution >= 0.6 is 0 Å². The van der Waals surface area contributed by atoms with Gasteiger partial charge in [-0.2, -0.15) is 0 Å². The number of rotatable bonds is 8. The molecule has 7 heteroatoms. The van der Waals surface area contributed by atoms with Gasteiger partial charge < -0.3 is 14.8 Å². The molecule has 7 nitrogen and oxygen atoms in total. The van der Waals surface area contributed by atoms with Gasteiger partial charge in [-0.05, 0) is 30.7 Å². The molecule has 0 spiro atoms. The summed E-state index contributed by atoms with van der Waals surface area (Å²) in [5.41, 5.74) is 0.868. The zero-order valence-corrected chi connectivity index (χ0v) is 14.6. The molecule has 26 heavy (non-hydrogen) atoms. The van der Waals surface area contributed by atoms with Gasteiger partial charge in [0, 0.05) is 23.4 Å². The van der Waals surface area contributed by atoms with E-state index in [4.69, 9.17) is 9.47 Å². The molecule has 136 valence electrons. The molecule has 0 fully saturated rings. The van der Waals surface area contributed by atoms with Crippen LogP contribution < -0.4 is 14.8 Å². The minimum absolute atomic E-state index is 0.130. The second kappa shape index (κ2) is 9.22. The molecule has 0 aromatic heterocycles. The maximum absolute atomic E-state index is 12.1. The molecule has 0 heterocycles. The molecule has 0 aliphatic carbocycles. The predicted octanol–water partition coefficient (Wildman–Crippen LogP) is 4.04. The first-order chi connectivity index (χ1) is 12.5. The van der Waals surface area contributed by atoms with Crippen molar-refractivity contribution in [3.63, 3.8) is 0 Å². The summed E-state index contributed by atoms with van der Waals surface area (Å²) in [5, 5.41) is 13.6. The Labute approximate surface area is 151 Å². The Morgan fingerprint density at radius 2 is 2.00 bits per heavy atom. The maximum atomic E-state index is 12.1. The Morgan fingerprint density at radius 3 is 2.69 bits per heavy atom. The molecule has 0 radical (unpaired) electrons. The standard InChI is InChI=1S/C19H20N2O5/c1-3-12-26-17-7-5-4-6-14(17)8-11-19(22)20-15-9-10-18(25-2)16(13-15)21(23)24/h4-11,13H,3,12H2,1-2H3,(H,20,22)/b11-8+. The summed E-state index contributed by atoms with van der Waals surface area (Å²) >= 11 is 0. The number of para-hydroxylation sites is 1. The molecular weight excluding hydrogens is 336 g/mol. The van der Waals surface area contributed by atoms with E-state index in [1.54, 1.807) is 6.08 Å². The highest BCUT2D eigenvalue weighted by molar-refractivity contribution is 6.02. The minimum Gasteiger partial charge on any atom is -0.493 e. The van der Waals surface area contributed by atoms with E-state index >= 15 is 0 Å². The van der Waals surface area contributed by atoms with Crippen molar-refractivity contribution < 1.29 is 19.2 Å². The van der Waals surface area contributed by atoms with Gasteiger partial charge in [-0.15, -0.1) is 0 Å². The lowest BCUT2D eigenvalue weighted by Crippen LogP contribution is -2.08. The van der Waals surface area contributed by atoms with Crippen molar-refractivity contribution in [2.45, 2.75) is 13.3 Å². The number of nitrogens with one attached hydrogen (secondary N) is 1. The number of benzene rings is 2. The average Bonchev–Trinajstić information content (AvgIpc) is 2.65. The van der Waals surface area contributed by atoms with Crippen LogP contribution in [0.5, 0.6) is 11.5 Å². The van der Waals surface area contributed by atoms with E-state index in [9.17, 15) is 14.9 Å². The van der Waals surface area contributed by atoms with Crippen LogP contribution in [0.25, 0.3) is 6.08 Å². The third-order valence-electron chi connectivity index (χ3n) is 3.44. The van der Waals surface area contributed by atoms with Gasteiger partial charge in [-0.25, -0.2) is 0 Å². The lowest BCUT2D eigenvalue weighted by atomic mass is 10.2. The van der Waals surface area contributed by atoms with E-state index in [-0.39, 0.29) is 11.4 Å². The van der Waals surface area contributed by atoms with Gasteiger partial charge in [0.15, 0.2) is 5.75 Å². The smallest absolute Gasteiger partial charge is 0.312 e. The molecule has 2 rings (SSSR count). The highest BCUT2D eigenvalue weighted by Crippen LogP contribution is 2.29. The lowest BCUT2D eigenvalue weighted by molar-refractivity contribution is -0.385. The van der Waals surface area contributed by atoms with Crippen LogP contribution in [-0.4, -0.2) is 24.5 Å². The SMILES string of the molecule is CCCOc1ccccc1/C=C/C(=O)Nc1ccc(OC)c([N+](=O)[O-])c1. The summed E-state index contributed by atoms with van der Waals surface area (Å²) in [7, 11) is 1.35. The molecule has 0 atom stereocenters. The van der Waals surface area contributed by atoms with Crippen molar-refractivity contribution >= 4 is 23.4 Å². The van der Waals surface area contributed by atoms with E-state index in [1.807, 2.05) is 31.2 Å². The first kappa shape index (κ1) is 19.0. The summed E-state index contributed by atoms with van der Waals surface area (Å²) in [6.45, 7) is 2.60. The number of nitrogens with zero attached hydrogens (tertiary/aromatic N) is 1. The number of anilines is 1. The van der Waals surface area contributed by atoms with Gasteiger partial charge in [0.25, 0.3) is 0 Å². The Hall–Kier alpha value is -3.35. The third-order valence-corrected chi connectivity index (χ3v) is 3.44. The van der Waals surface area contributed by atoms with E-state index in [1.165, 1.54) is 31.4 Å². The van der Waals surface area contributed by atoms with Crippen molar-refractivity contribution in [3.05, 3.63) is 64.2 Å². The molecule has 0 saturated heterocycles. The fourth-order valence-electron chi connectivity index (χ4n) is 2.22. The van der Waals surface area contributed by atoms with Crippen LogP contribution in [0, 0.1) is 10.1 Å². The summed E-state index contributed by atoms with van der Waals surface area (Å²) in [6.07, 6.45) is 3.87. The summed E-state index contributed by atoms with van der Waals surface area (Å²) < 4.78 is 10.6. The van der Waals surface area contributed by atoms with Gasteiger partial charge in [-0.3, -0.25) is 14.9 Å². The Morgan fingerprint density at radius 1 is 1.23 bits per heavy atom. The molecule has 0 bridgehead atoms. The third kappa shape index (κ3) is 5.07. The van der Waals surface area contributed by atoms with Gasteiger partial charge in [0.2, 0.25) is 5.91 Å². The zero-order valence-electron chi connectivity index (χ0n) is 14.6. The van der Waals surface area contributed by atoms with Crippen LogP contribution in [0.3, 0.4) is 0 Å². The second-order valence-electron chi connectivity index (χ2n) is 5.35. The van der Waals surface area contributed by atoms with Gasteiger partial charge in [-0.1, -0.05) is 25.1 Å². The Bertz CT molecular complexity index is 817. The Kier molecular flexibility index (Phi) is 6.73. The first-order valence-electron chi connectivity index (χ1n) is 8.08. The van der Waals surface area contributed by atoms with E-state index < -0.39 is 10.8 Å². The van der Waals surface area contributed by atoms with Crippen LogP contribution in [0.2, 0.25) is 0 Å². The number of methoxy groups -OCH3 is 1. The quantitative estimate of drug-likeness (QED) is 0.438. The lowest BCUT2D eigenvalue weighted by Gasteiger charge is -2.08. The highest BCUT2D eigenvalue weighted by atomic mass is 16.6. The van der Waals surface area contributed by atoms with E-state index in [0.29, 0.717) is 18.0 Å². The van der Waals surface area contributed by atoms with Crippen molar-refractivity contribution in [1.82, 2.24) is 0 Å². The van der Waals surface area contributed by atoms with E-state index in [2.05, 4.69) is 5.32 Å². The van der Waals surface area contributed by atoms with Crippen LogP contribution in [0.15, 0.2) is 48.5 Å². The first-order valence-corrected chi connectivity index (χ1v) is 8.08. The van der Waals surface area contributed by atoms with Crippen LogP contribution in [-0.2, 0) is 4.79 Å². The van der Waals surface area contributed by atoms with Crippen LogP contribution in [0.1, 0.15) is 18.9 Å². The van der Waals surface area contributed by atoms with Crippen molar-refractivity contribution in [2.24, 2.45) is 0 Å². The molecule has 1 amide bonds. The number of carbonyl (C=O) groups is 1. The number of ether oxygens (including phenoxy) is 2. The monoisotopic (exact) mass is 356 g/mol. The maximum Gasteiger partial charge on any atom is 0.312 e. The molecule has 0 unspecified atom stereocenters. The fourth-order valence-corrected chi connectivity index (χ4v) is 2.22. The Balaban J connectivity index is 2.11. The minimum atomic E-state index is -0.564. The number of hydrogen-bond donors (Lipinski definition) is 1. The normalized spacial score (nSPS) is 10.5. The van der Waals surface area contributed by atoms with Crippen LogP contribution in [0.4, 0.5) is 11.4 Å². The molecule has 2 aromatic rings. The molecule has 0 aliphatic rings. The van der Waals surface area contributed by atoms with Crippen molar-refractivity contribution in [2.75, 3.05) is 19.0 Å². The second-order valence-corrected chi connectivity index (χ2v) is 5.35. The topological polar surface area (TPSA) is 90.7 Å². The molecule has 1 N–H and O–H groups in total. The predicted molar refractivity (Wildman–Crippen MR) is 99.5 cm³/mol. The largest absolute Gasteiger partial charge is 0.493 e. The number of hydrogen-bond acceptors (Lipinski definition) is 5. The number of nitro groups is 1. The zero-order chi connectivity index (χ0) is 18.9. The highest BCUT2D eigenvalue weighted by Gasteiger charge is 2.15. The molecule has 0 aliphatic heterocycles. The number of nitro benzene ring substituents is 1. The fraction of sp³-hybridized carbons (Fsp3) is 0.211. The summed E-state index contributed by atoms with van der Waals surface area (Å²) in [4.78, 5) is 22.6. The molecular formula is C19H20N2O5. The molecule has 0 saturated carbocycles. The van der Waals surface area contributed by atoms with Gasteiger partial charge in [0.05, 0.1) is 18.6 Å². The molecule has 2 aromatic carbocycles. The summed E-state index contributed by atoms with van der Waals surface area (Å²) in [6, 6.07) is 11.6. The van der Waals surface area contributed by atoms with E-state index in [0.717, 1.165) is 12.0 Å². The van der Waals surface area contributed by atoms with Crippen molar-refractivity contribution in [1.29, 1.82) is 0 Å².